The number of carbonyl (C=O) groups is 2. The van der Waals surface area contributed by atoms with Crippen LogP contribution in [0.25, 0.3) is 0 Å². The van der Waals surface area contributed by atoms with Crippen molar-refractivity contribution in [2.24, 2.45) is 0 Å². The van der Waals surface area contributed by atoms with Gasteiger partial charge >= 0.3 is 5.97 Å². The Hall–Kier alpha value is -4.15. The van der Waals surface area contributed by atoms with Crippen molar-refractivity contribution < 1.29 is 32.2 Å². The van der Waals surface area contributed by atoms with Crippen LogP contribution >= 0.6 is 0 Å². The molecule has 1 unspecified atom stereocenters. The molecule has 8 nitrogen and oxygen atoms in total. The van der Waals surface area contributed by atoms with E-state index in [1.54, 1.807) is 4.90 Å². The van der Waals surface area contributed by atoms with Gasteiger partial charge in [0.1, 0.15) is 5.82 Å². The second-order valence-electron chi connectivity index (χ2n) is 8.90. The number of hydrogen-bond acceptors (Lipinski definition) is 6. The molecule has 192 valence electrons. The molecule has 3 heterocycles. The maximum absolute atomic E-state index is 15.3. The molecule has 3 aromatic rings. The van der Waals surface area contributed by atoms with Crippen LogP contribution in [0.2, 0.25) is 0 Å². The minimum absolute atomic E-state index is 0.00774. The van der Waals surface area contributed by atoms with E-state index in [-0.39, 0.29) is 17.0 Å². The molecule has 0 aliphatic carbocycles. The van der Waals surface area contributed by atoms with Crippen molar-refractivity contribution >= 4 is 11.9 Å². The lowest BCUT2D eigenvalue weighted by atomic mass is 9.79. The lowest BCUT2D eigenvalue weighted by Gasteiger charge is -2.42. The summed E-state index contributed by atoms with van der Waals surface area (Å²) in [5.74, 6) is -5.08. The maximum atomic E-state index is 15.3. The first-order chi connectivity index (χ1) is 17.8. The Balaban J connectivity index is 1.74. The summed E-state index contributed by atoms with van der Waals surface area (Å²) >= 11 is 0. The molecule has 0 bridgehead atoms. The summed E-state index contributed by atoms with van der Waals surface area (Å²) in [7, 11) is 0. The van der Waals surface area contributed by atoms with Crippen molar-refractivity contribution in [1.29, 1.82) is 0 Å². The van der Waals surface area contributed by atoms with Gasteiger partial charge in [-0.2, -0.15) is 5.10 Å². The normalized spacial score (nSPS) is 19.2. The number of fused-ring (bicyclic) bond motifs is 2. The topological polar surface area (TPSA) is 90.7 Å². The van der Waals surface area contributed by atoms with E-state index in [9.17, 15) is 23.2 Å². The molecule has 2 aromatic carbocycles. The number of ether oxygens (including phenoxy) is 2. The van der Waals surface area contributed by atoms with Crippen molar-refractivity contribution in [3.8, 4) is 5.75 Å². The zero-order valence-corrected chi connectivity index (χ0v) is 19.7. The Bertz CT molecular complexity index is 1430. The molecule has 5 rings (SSSR count). The molecule has 0 radical (unpaired) electrons. The lowest BCUT2D eigenvalue weighted by Crippen LogP contribution is -2.51. The zero-order valence-electron chi connectivity index (χ0n) is 19.7. The van der Waals surface area contributed by atoms with Gasteiger partial charge in [-0.05, 0) is 36.6 Å². The third-order valence-corrected chi connectivity index (χ3v) is 6.76. The molecule has 2 aliphatic rings. The molecular formula is C26H22F3N3O5. The third-order valence-electron chi connectivity index (χ3n) is 6.76. The highest BCUT2D eigenvalue weighted by atomic mass is 19.2. The van der Waals surface area contributed by atoms with E-state index in [2.05, 4.69) is 5.10 Å². The summed E-state index contributed by atoms with van der Waals surface area (Å²) in [6.07, 6.45) is 2.14. The monoisotopic (exact) mass is 513 g/mol. The molecule has 0 saturated carbocycles. The number of rotatable bonds is 6. The number of esters is 1. The van der Waals surface area contributed by atoms with Crippen molar-refractivity contribution in [3.63, 3.8) is 0 Å². The van der Waals surface area contributed by atoms with Crippen molar-refractivity contribution in [2.75, 3.05) is 13.3 Å². The van der Waals surface area contributed by atoms with Crippen LogP contribution in [0.1, 0.15) is 53.3 Å². The van der Waals surface area contributed by atoms with Gasteiger partial charge in [-0.25, -0.2) is 13.2 Å². The fraction of sp³-hybridized carbons (Fsp3) is 0.308. The number of halogens is 3. The van der Waals surface area contributed by atoms with Crippen LogP contribution in [0.3, 0.4) is 0 Å². The van der Waals surface area contributed by atoms with Gasteiger partial charge in [-0.15, -0.1) is 0 Å². The molecule has 2 aliphatic heterocycles. The largest absolute Gasteiger partial charge is 0.451 e. The predicted molar refractivity (Wildman–Crippen MR) is 123 cm³/mol. The van der Waals surface area contributed by atoms with Crippen LogP contribution in [-0.2, 0) is 9.53 Å². The van der Waals surface area contributed by atoms with E-state index in [1.165, 1.54) is 41.1 Å². The Morgan fingerprint density at radius 3 is 2.62 bits per heavy atom. The summed E-state index contributed by atoms with van der Waals surface area (Å²) in [6, 6.07) is 7.90. The van der Waals surface area contributed by atoms with Crippen molar-refractivity contribution in [1.82, 2.24) is 14.7 Å². The summed E-state index contributed by atoms with van der Waals surface area (Å²) in [5.41, 5.74) is -0.442. The fourth-order valence-corrected chi connectivity index (χ4v) is 5.24. The number of amides is 1. The fourth-order valence-electron chi connectivity index (χ4n) is 5.24. The molecule has 1 fully saturated rings. The molecule has 1 saturated heterocycles. The minimum Gasteiger partial charge on any atom is -0.451 e. The van der Waals surface area contributed by atoms with Gasteiger partial charge in [0.2, 0.25) is 18.0 Å². The van der Waals surface area contributed by atoms with E-state index < -0.39 is 59.6 Å². The van der Waals surface area contributed by atoms with Crippen LogP contribution < -0.4 is 10.2 Å². The smallest absolute Gasteiger partial charge is 0.305 e. The summed E-state index contributed by atoms with van der Waals surface area (Å²) in [5, 5.41) is 4.24. The second-order valence-corrected chi connectivity index (χ2v) is 8.90. The Kier molecular flexibility index (Phi) is 6.45. The van der Waals surface area contributed by atoms with E-state index in [4.69, 9.17) is 9.47 Å². The van der Waals surface area contributed by atoms with E-state index in [1.807, 2.05) is 0 Å². The van der Waals surface area contributed by atoms with Crippen LogP contribution in [0.5, 0.6) is 5.75 Å². The highest BCUT2D eigenvalue weighted by Gasteiger charge is 2.48. The quantitative estimate of drug-likeness (QED) is 0.370. The second kappa shape index (κ2) is 9.72. The van der Waals surface area contributed by atoms with Gasteiger partial charge in [0.25, 0.3) is 5.91 Å². The molecule has 0 spiro atoms. The first kappa shape index (κ1) is 24.5. The molecular weight excluding hydrogens is 491 g/mol. The minimum atomic E-state index is -1.08. The van der Waals surface area contributed by atoms with Crippen LogP contribution in [0.4, 0.5) is 13.2 Å². The molecule has 1 aromatic heterocycles. The number of benzene rings is 2. The maximum Gasteiger partial charge on any atom is 0.305 e. The van der Waals surface area contributed by atoms with Crippen LogP contribution in [-0.4, -0.2) is 45.9 Å². The van der Waals surface area contributed by atoms with Gasteiger partial charge in [0.05, 0.1) is 18.3 Å². The molecule has 1 amide bonds. The lowest BCUT2D eigenvalue weighted by molar-refractivity contribution is -0.147. The summed E-state index contributed by atoms with van der Waals surface area (Å²) in [6.45, 7) is 0.923. The highest BCUT2D eigenvalue weighted by molar-refractivity contribution is 5.96. The van der Waals surface area contributed by atoms with Gasteiger partial charge < -0.3 is 14.4 Å². The third kappa shape index (κ3) is 4.34. The van der Waals surface area contributed by atoms with Gasteiger partial charge in [-0.3, -0.25) is 19.1 Å². The summed E-state index contributed by atoms with van der Waals surface area (Å²) < 4.78 is 55.0. The average Bonchev–Trinajstić information content (AvgIpc) is 3.36. The highest BCUT2D eigenvalue weighted by Crippen LogP contribution is 2.46. The Labute approximate surface area is 209 Å². The van der Waals surface area contributed by atoms with Gasteiger partial charge in [0.15, 0.2) is 17.3 Å². The number of nitrogens with zero attached hydrogens (tertiary/aromatic N) is 3. The first-order valence-electron chi connectivity index (χ1n) is 11.7. The molecule has 37 heavy (non-hydrogen) atoms. The van der Waals surface area contributed by atoms with Crippen LogP contribution in [0.15, 0.2) is 53.5 Å². The molecule has 3 atom stereocenters. The number of aromatic nitrogens is 2. The Morgan fingerprint density at radius 1 is 1.14 bits per heavy atom. The zero-order chi connectivity index (χ0) is 26.3. The number of carbonyl (C=O) groups excluding carboxylic acids is 2. The van der Waals surface area contributed by atoms with E-state index in [0.717, 1.165) is 19.2 Å². The van der Waals surface area contributed by atoms with Gasteiger partial charge in [-0.1, -0.05) is 24.3 Å². The van der Waals surface area contributed by atoms with Crippen LogP contribution in [0, 0.1) is 17.5 Å². The molecule has 0 N–H and O–H groups in total. The summed E-state index contributed by atoms with van der Waals surface area (Å²) in [4.78, 5) is 39.0. The number of hydrogen-bond donors (Lipinski definition) is 0. The standard InChI is InChI=1S/C26H22F3N3O5/c1-14(33)36-13-37-25-20(34)12-30-32-23(19-6-3-11-31(19)26(35)24(25)32)21(15-7-9-16(27)10-8-15)17-4-2-5-18(28)22(17)29/h2,4-5,7-10,12,19,21,23H,3,6,11,13H2,1H3/t19-,21?,23-/m1/s1. The first-order valence-corrected chi connectivity index (χ1v) is 11.7. The average molecular weight is 513 g/mol. The van der Waals surface area contributed by atoms with E-state index >= 15 is 4.39 Å². The van der Waals surface area contributed by atoms with E-state index in [0.29, 0.717) is 24.9 Å². The molecule has 11 heteroatoms. The van der Waals surface area contributed by atoms with Crippen molar-refractivity contribution in [3.05, 3.63) is 93.2 Å². The Morgan fingerprint density at radius 2 is 1.89 bits per heavy atom. The van der Waals surface area contributed by atoms with Crippen molar-refractivity contribution in [2.45, 2.75) is 37.8 Å². The van der Waals surface area contributed by atoms with Gasteiger partial charge in [0, 0.05) is 24.9 Å². The predicted octanol–water partition coefficient (Wildman–Crippen LogP) is 3.55. The SMILES string of the molecule is CC(=O)OCOc1c2n(ncc1=O)[C@@H](C(c1ccc(F)cc1)c1cccc(F)c1F)[C@H]1CCCN1C2=O.